The summed E-state index contributed by atoms with van der Waals surface area (Å²) in [5, 5.41) is 10.4. The summed E-state index contributed by atoms with van der Waals surface area (Å²) in [6, 6.07) is 0. The highest BCUT2D eigenvalue weighted by Gasteiger charge is 2.51. The lowest BCUT2D eigenvalue weighted by Gasteiger charge is -2.27. The van der Waals surface area contributed by atoms with Crippen molar-refractivity contribution in [3.05, 3.63) is 12.7 Å². The van der Waals surface area contributed by atoms with E-state index in [9.17, 15) is 9.90 Å². The van der Waals surface area contributed by atoms with Crippen molar-refractivity contribution in [1.82, 2.24) is 0 Å². The van der Waals surface area contributed by atoms with Crippen molar-refractivity contribution in [2.75, 3.05) is 13.9 Å². The lowest BCUT2D eigenvalue weighted by atomic mass is 9.88. The van der Waals surface area contributed by atoms with E-state index in [1.54, 1.807) is 6.08 Å². The van der Waals surface area contributed by atoms with Gasteiger partial charge in [-0.15, -0.1) is 6.58 Å². The van der Waals surface area contributed by atoms with Gasteiger partial charge in [0.1, 0.15) is 13.1 Å². The third kappa shape index (κ3) is 2.51. The van der Waals surface area contributed by atoms with Crippen LogP contribution in [-0.2, 0) is 14.3 Å². The lowest BCUT2D eigenvalue weighted by molar-refractivity contribution is -0.135. The van der Waals surface area contributed by atoms with Crippen molar-refractivity contribution in [1.29, 1.82) is 0 Å². The number of aldehydes is 1. The summed E-state index contributed by atoms with van der Waals surface area (Å²) < 4.78 is 10.3. The van der Waals surface area contributed by atoms with Crippen LogP contribution in [0.15, 0.2) is 12.7 Å². The maximum atomic E-state index is 11.1. The van der Waals surface area contributed by atoms with E-state index in [1.807, 2.05) is 6.92 Å². The Bertz CT molecular complexity index is 253. The van der Waals surface area contributed by atoms with E-state index >= 15 is 0 Å². The van der Waals surface area contributed by atoms with Gasteiger partial charge in [0.15, 0.2) is 0 Å². The average molecular weight is 228 g/mol. The monoisotopic (exact) mass is 228 g/mol. The number of aliphatic hydroxyl groups is 1. The Morgan fingerprint density at radius 3 is 2.81 bits per heavy atom. The number of rotatable bonds is 6. The SMILES string of the molecule is C=CC[C@@]1(O)C[C@H](C)[C@H](OCOC)[C@@H]1C=O. The molecule has 0 heterocycles. The summed E-state index contributed by atoms with van der Waals surface area (Å²) in [4.78, 5) is 11.1. The van der Waals surface area contributed by atoms with Crippen molar-refractivity contribution in [2.24, 2.45) is 11.8 Å². The summed E-state index contributed by atoms with van der Waals surface area (Å²) in [5.41, 5.74) is -1.01. The normalized spacial score (nSPS) is 38.6. The molecule has 92 valence electrons. The van der Waals surface area contributed by atoms with Gasteiger partial charge in [0.25, 0.3) is 0 Å². The molecular formula is C12H20O4. The van der Waals surface area contributed by atoms with E-state index in [0.29, 0.717) is 12.8 Å². The highest BCUT2D eigenvalue weighted by atomic mass is 16.7. The molecule has 1 saturated carbocycles. The second kappa shape index (κ2) is 5.57. The van der Waals surface area contributed by atoms with Crippen LogP contribution >= 0.6 is 0 Å². The van der Waals surface area contributed by atoms with Crippen LogP contribution in [0.25, 0.3) is 0 Å². The molecule has 0 bridgehead atoms. The van der Waals surface area contributed by atoms with E-state index in [-0.39, 0.29) is 18.8 Å². The minimum absolute atomic E-state index is 0.135. The molecule has 1 rings (SSSR count). The molecule has 1 aliphatic carbocycles. The quantitative estimate of drug-likeness (QED) is 0.421. The van der Waals surface area contributed by atoms with Gasteiger partial charge in [-0.1, -0.05) is 13.0 Å². The van der Waals surface area contributed by atoms with E-state index < -0.39 is 11.5 Å². The Morgan fingerprint density at radius 1 is 1.62 bits per heavy atom. The van der Waals surface area contributed by atoms with Gasteiger partial charge in [0.05, 0.1) is 17.6 Å². The molecule has 0 amide bonds. The minimum Gasteiger partial charge on any atom is -0.389 e. The third-order valence-corrected chi connectivity index (χ3v) is 3.23. The highest BCUT2D eigenvalue weighted by molar-refractivity contribution is 5.58. The van der Waals surface area contributed by atoms with Gasteiger partial charge in [0, 0.05) is 7.11 Å². The van der Waals surface area contributed by atoms with E-state index in [4.69, 9.17) is 9.47 Å². The molecule has 1 aliphatic rings. The molecule has 0 aliphatic heterocycles. The number of ether oxygens (including phenoxy) is 2. The maximum absolute atomic E-state index is 11.1. The fourth-order valence-electron chi connectivity index (χ4n) is 2.56. The van der Waals surface area contributed by atoms with E-state index in [0.717, 1.165) is 6.29 Å². The van der Waals surface area contributed by atoms with E-state index in [1.165, 1.54) is 7.11 Å². The van der Waals surface area contributed by atoms with Crippen molar-refractivity contribution in [3.8, 4) is 0 Å². The van der Waals surface area contributed by atoms with E-state index in [2.05, 4.69) is 6.58 Å². The molecule has 0 unspecified atom stereocenters. The predicted octanol–water partition coefficient (Wildman–Crippen LogP) is 1.14. The molecule has 0 spiro atoms. The molecule has 16 heavy (non-hydrogen) atoms. The number of methoxy groups -OCH3 is 1. The van der Waals surface area contributed by atoms with Crippen LogP contribution < -0.4 is 0 Å². The summed E-state index contributed by atoms with van der Waals surface area (Å²) >= 11 is 0. The van der Waals surface area contributed by atoms with Gasteiger partial charge in [-0.2, -0.15) is 0 Å². The van der Waals surface area contributed by atoms with Gasteiger partial charge in [-0.25, -0.2) is 0 Å². The molecule has 0 radical (unpaired) electrons. The van der Waals surface area contributed by atoms with Gasteiger partial charge < -0.3 is 19.4 Å². The van der Waals surface area contributed by atoms with Crippen LogP contribution in [0.1, 0.15) is 19.8 Å². The summed E-state index contributed by atoms with van der Waals surface area (Å²) in [6.07, 6.45) is 3.11. The lowest BCUT2D eigenvalue weighted by Crippen LogP contribution is -2.38. The van der Waals surface area contributed by atoms with Crippen LogP contribution in [0.5, 0.6) is 0 Å². The average Bonchev–Trinajstić information content (AvgIpc) is 2.46. The van der Waals surface area contributed by atoms with Crippen molar-refractivity contribution >= 4 is 6.29 Å². The van der Waals surface area contributed by atoms with Crippen molar-refractivity contribution in [3.63, 3.8) is 0 Å². The molecule has 4 atom stereocenters. The third-order valence-electron chi connectivity index (χ3n) is 3.23. The number of hydrogen-bond donors (Lipinski definition) is 1. The zero-order valence-electron chi connectivity index (χ0n) is 9.89. The van der Waals surface area contributed by atoms with Gasteiger partial charge in [0.2, 0.25) is 0 Å². The molecule has 0 aromatic heterocycles. The molecule has 4 heteroatoms. The minimum atomic E-state index is -1.01. The summed E-state index contributed by atoms with van der Waals surface area (Å²) in [7, 11) is 1.53. The Kier molecular flexibility index (Phi) is 4.65. The topological polar surface area (TPSA) is 55.8 Å². The molecular weight excluding hydrogens is 208 g/mol. The summed E-state index contributed by atoms with van der Waals surface area (Å²) in [6.45, 7) is 5.72. The van der Waals surface area contributed by atoms with Crippen molar-refractivity contribution < 1.29 is 19.4 Å². The molecule has 0 aromatic carbocycles. The second-order valence-electron chi connectivity index (χ2n) is 4.48. The number of carbonyl (C=O) groups is 1. The fraction of sp³-hybridized carbons (Fsp3) is 0.750. The van der Waals surface area contributed by atoms with Crippen LogP contribution in [-0.4, -0.2) is 37.0 Å². The summed E-state index contributed by atoms with van der Waals surface area (Å²) in [5.74, 6) is -0.369. The molecule has 4 nitrogen and oxygen atoms in total. The first kappa shape index (κ1) is 13.4. The predicted molar refractivity (Wildman–Crippen MR) is 59.8 cm³/mol. The van der Waals surface area contributed by atoms with Crippen molar-refractivity contribution in [2.45, 2.75) is 31.5 Å². The Morgan fingerprint density at radius 2 is 2.31 bits per heavy atom. The first-order valence-electron chi connectivity index (χ1n) is 5.48. The van der Waals surface area contributed by atoms with Crippen LogP contribution in [0.3, 0.4) is 0 Å². The smallest absolute Gasteiger partial charge is 0.146 e. The van der Waals surface area contributed by atoms with Gasteiger partial charge in [-0.05, 0) is 18.8 Å². The highest BCUT2D eigenvalue weighted by Crippen LogP contribution is 2.42. The maximum Gasteiger partial charge on any atom is 0.146 e. The molecule has 0 saturated heterocycles. The zero-order chi connectivity index (χ0) is 12.2. The Labute approximate surface area is 96.2 Å². The first-order valence-corrected chi connectivity index (χ1v) is 5.48. The standard InChI is InChI=1S/C12H20O4/c1-4-5-12(14)6-9(2)11(10(12)7-13)16-8-15-3/h4,7,9-11,14H,1,5-6,8H2,2-3H3/t9-,10-,11-,12+/m0/s1. The Hall–Kier alpha value is -0.710. The van der Waals surface area contributed by atoms with Gasteiger partial charge >= 0.3 is 0 Å². The first-order chi connectivity index (χ1) is 7.59. The number of hydrogen-bond acceptors (Lipinski definition) is 4. The molecule has 1 N–H and O–H groups in total. The van der Waals surface area contributed by atoms with Crippen LogP contribution in [0.4, 0.5) is 0 Å². The largest absolute Gasteiger partial charge is 0.389 e. The van der Waals surface area contributed by atoms with Crippen LogP contribution in [0.2, 0.25) is 0 Å². The Balaban J connectivity index is 2.78. The van der Waals surface area contributed by atoms with Crippen LogP contribution in [0, 0.1) is 11.8 Å². The molecule has 0 aromatic rings. The molecule has 1 fully saturated rings. The zero-order valence-corrected chi connectivity index (χ0v) is 9.89. The number of carbonyl (C=O) groups excluding carboxylic acids is 1. The second-order valence-corrected chi connectivity index (χ2v) is 4.48. The fourth-order valence-corrected chi connectivity index (χ4v) is 2.56. The van der Waals surface area contributed by atoms with Gasteiger partial charge in [-0.3, -0.25) is 0 Å².